The van der Waals surface area contributed by atoms with Crippen molar-refractivity contribution in [3.05, 3.63) is 53.3 Å². The topological polar surface area (TPSA) is 87.0 Å². The first kappa shape index (κ1) is 18.1. The number of fused-ring (bicyclic) bond motifs is 1. The fourth-order valence-electron chi connectivity index (χ4n) is 3.40. The number of hydrogen-bond donors (Lipinski definition) is 1. The van der Waals surface area contributed by atoms with Crippen LogP contribution in [0.3, 0.4) is 0 Å². The second-order valence-corrected chi connectivity index (χ2v) is 6.92. The third kappa shape index (κ3) is 3.59. The minimum atomic E-state index is -0.0199. The average molecular weight is 374 g/mol. The number of anilines is 2. The average Bonchev–Trinajstić information content (AvgIpc) is 2.76. The molecule has 1 fully saturated rings. The summed E-state index contributed by atoms with van der Waals surface area (Å²) >= 11 is 0. The van der Waals surface area contributed by atoms with E-state index in [0.717, 1.165) is 40.9 Å². The quantitative estimate of drug-likeness (QED) is 0.750. The van der Waals surface area contributed by atoms with Crippen LogP contribution in [0, 0.1) is 18.3 Å². The number of nitrogens with one attached hydrogen (secondary N) is 1. The molecule has 1 aliphatic heterocycles. The molecule has 1 N–H and O–H groups in total. The van der Waals surface area contributed by atoms with Crippen molar-refractivity contribution in [2.45, 2.75) is 19.9 Å². The van der Waals surface area contributed by atoms with Gasteiger partial charge >= 0.3 is 0 Å². The van der Waals surface area contributed by atoms with E-state index in [4.69, 9.17) is 10.00 Å². The van der Waals surface area contributed by atoms with Gasteiger partial charge in [-0.25, -0.2) is 4.98 Å². The summed E-state index contributed by atoms with van der Waals surface area (Å²) in [5.74, 6) is 1.64. The fraction of sp³-hybridized carbons (Fsp3) is 0.333. The van der Waals surface area contributed by atoms with E-state index in [1.54, 1.807) is 6.07 Å². The van der Waals surface area contributed by atoms with Crippen LogP contribution in [-0.4, -0.2) is 41.5 Å². The largest absolute Gasteiger partial charge is 0.378 e. The van der Waals surface area contributed by atoms with Gasteiger partial charge in [0.2, 0.25) is 0 Å². The molecule has 2 aromatic heterocycles. The Morgan fingerprint density at radius 3 is 2.79 bits per heavy atom. The molecular weight excluding hydrogens is 352 g/mol. The summed E-state index contributed by atoms with van der Waals surface area (Å²) in [7, 11) is 0. The lowest BCUT2D eigenvalue weighted by molar-refractivity contribution is 0.122. The van der Waals surface area contributed by atoms with Crippen molar-refractivity contribution in [3.63, 3.8) is 0 Å². The molecule has 3 heterocycles. The summed E-state index contributed by atoms with van der Waals surface area (Å²) in [5, 5.41) is 23.3. The molecule has 0 saturated carbocycles. The number of rotatable bonds is 4. The molecule has 28 heavy (non-hydrogen) atoms. The Kier molecular flexibility index (Phi) is 5.04. The van der Waals surface area contributed by atoms with Crippen LogP contribution in [0.2, 0.25) is 0 Å². The zero-order valence-corrected chi connectivity index (χ0v) is 16.0. The normalized spacial score (nSPS) is 15.2. The van der Waals surface area contributed by atoms with Crippen molar-refractivity contribution in [3.8, 4) is 6.07 Å². The Morgan fingerprint density at radius 1 is 1.18 bits per heavy atom. The van der Waals surface area contributed by atoms with Crippen LogP contribution in [0.4, 0.5) is 11.6 Å². The maximum Gasteiger partial charge on any atom is 0.157 e. The van der Waals surface area contributed by atoms with Gasteiger partial charge in [0.25, 0.3) is 0 Å². The van der Waals surface area contributed by atoms with Gasteiger partial charge in [-0.15, -0.1) is 5.10 Å². The number of nitriles is 1. The smallest absolute Gasteiger partial charge is 0.157 e. The summed E-state index contributed by atoms with van der Waals surface area (Å²) < 4.78 is 5.44. The highest BCUT2D eigenvalue weighted by Gasteiger charge is 2.16. The number of nitrogens with zero attached hydrogens (tertiary/aromatic N) is 5. The van der Waals surface area contributed by atoms with Crippen molar-refractivity contribution >= 4 is 22.4 Å². The monoisotopic (exact) mass is 374 g/mol. The molecule has 7 heteroatoms. The third-order valence-corrected chi connectivity index (χ3v) is 5.04. The van der Waals surface area contributed by atoms with Gasteiger partial charge in [0.15, 0.2) is 5.82 Å². The van der Waals surface area contributed by atoms with Crippen molar-refractivity contribution in [1.29, 1.82) is 5.26 Å². The van der Waals surface area contributed by atoms with Crippen LogP contribution in [0.15, 0.2) is 36.5 Å². The molecule has 0 radical (unpaired) electrons. The van der Waals surface area contributed by atoms with Gasteiger partial charge in [-0.3, -0.25) is 0 Å². The zero-order valence-electron chi connectivity index (χ0n) is 16.0. The maximum atomic E-state index is 9.15. The molecule has 4 rings (SSSR count). The molecule has 0 amide bonds. The molecule has 142 valence electrons. The number of aromatic nitrogens is 3. The second kappa shape index (κ2) is 7.79. The molecule has 0 aliphatic carbocycles. The molecule has 1 atom stereocenters. The predicted octanol–water partition coefficient (Wildman–Crippen LogP) is 3.21. The van der Waals surface area contributed by atoms with Gasteiger partial charge in [-0.2, -0.15) is 10.4 Å². The standard InChI is InChI=1S/C21H22N6O/c1-14(17-5-3-4-16(10-17)12-22)24-21-18-11-20(27-6-8-28-9-7-27)23-13-19(18)15(2)25-26-21/h3-5,10-11,13-14H,6-9H2,1-2H3,(H,24,26). The molecule has 0 bridgehead atoms. The van der Waals surface area contributed by atoms with Crippen molar-refractivity contribution in [2.24, 2.45) is 0 Å². The number of ether oxygens (including phenoxy) is 1. The first-order valence-electron chi connectivity index (χ1n) is 9.38. The lowest BCUT2D eigenvalue weighted by Crippen LogP contribution is -2.36. The molecule has 0 spiro atoms. The van der Waals surface area contributed by atoms with E-state index in [0.29, 0.717) is 24.6 Å². The summed E-state index contributed by atoms with van der Waals surface area (Å²) in [6.07, 6.45) is 1.87. The van der Waals surface area contributed by atoms with Gasteiger partial charge in [0.05, 0.1) is 36.6 Å². The highest BCUT2D eigenvalue weighted by molar-refractivity contribution is 5.94. The maximum absolute atomic E-state index is 9.15. The second-order valence-electron chi connectivity index (χ2n) is 6.92. The first-order chi connectivity index (χ1) is 13.7. The van der Waals surface area contributed by atoms with Crippen LogP contribution in [0.25, 0.3) is 10.8 Å². The van der Waals surface area contributed by atoms with Crippen molar-refractivity contribution in [2.75, 3.05) is 36.5 Å². The predicted molar refractivity (Wildman–Crippen MR) is 108 cm³/mol. The minimum absolute atomic E-state index is 0.0199. The van der Waals surface area contributed by atoms with E-state index in [-0.39, 0.29) is 6.04 Å². The van der Waals surface area contributed by atoms with E-state index >= 15 is 0 Å². The number of hydrogen-bond acceptors (Lipinski definition) is 7. The van der Waals surface area contributed by atoms with E-state index in [9.17, 15) is 0 Å². The summed E-state index contributed by atoms with van der Waals surface area (Å²) in [5.41, 5.74) is 2.52. The van der Waals surface area contributed by atoms with Gasteiger partial charge in [-0.1, -0.05) is 12.1 Å². The Bertz CT molecular complexity index is 1040. The highest BCUT2D eigenvalue weighted by Crippen LogP contribution is 2.29. The lowest BCUT2D eigenvalue weighted by atomic mass is 10.1. The molecule has 1 unspecified atom stereocenters. The number of benzene rings is 1. The molecule has 1 saturated heterocycles. The minimum Gasteiger partial charge on any atom is -0.378 e. The van der Waals surface area contributed by atoms with E-state index in [2.05, 4.69) is 37.5 Å². The van der Waals surface area contributed by atoms with Gasteiger partial charge < -0.3 is 15.0 Å². The van der Waals surface area contributed by atoms with E-state index in [1.807, 2.05) is 38.2 Å². The van der Waals surface area contributed by atoms with Crippen LogP contribution < -0.4 is 10.2 Å². The Labute approximate surface area is 164 Å². The highest BCUT2D eigenvalue weighted by atomic mass is 16.5. The number of pyridine rings is 1. The van der Waals surface area contributed by atoms with Crippen LogP contribution in [0.1, 0.15) is 29.8 Å². The number of morpholine rings is 1. The van der Waals surface area contributed by atoms with Crippen LogP contribution in [0.5, 0.6) is 0 Å². The Balaban J connectivity index is 1.69. The molecule has 7 nitrogen and oxygen atoms in total. The van der Waals surface area contributed by atoms with Gasteiger partial charge in [0.1, 0.15) is 5.82 Å². The summed E-state index contributed by atoms with van der Waals surface area (Å²) in [6.45, 7) is 7.07. The molecular formula is C21H22N6O. The van der Waals surface area contributed by atoms with E-state index < -0.39 is 0 Å². The summed E-state index contributed by atoms with van der Waals surface area (Å²) in [6, 6.07) is 11.8. The lowest BCUT2D eigenvalue weighted by Gasteiger charge is -2.28. The third-order valence-electron chi connectivity index (χ3n) is 5.04. The van der Waals surface area contributed by atoms with Crippen LogP contribution >= 0.6 is 0 Å². The number of aryl methyl sites for hydroxylation is 1. The van der Waals surface area contributed by atoms with Crippen molar-refractivity contribution < 1.29 is 4.74 Å². The Morgan fingerprint density at radius 2 is 2.00 bits per heavy atom. The van der Waals surface area contributed by atoms with E-state index in [1.165, 1.54) is 0 Å². The SMILES string of the molecule is Cc1nnc(NC(C)c2cccc(C#N)c2)c2cc(N3CCOCC3)ncc12. The Hall–Kier alpha value is -3.24. The fourth-order valence-corrected chi connectivity index (χ4v) is 3.40. The van der Waals surface area contributed by atoms with Crippen molar-refractivity contribution in [1.82, 2.24) is 15.2 Å². The molecule has 1 aliphatic rings. The van der Waals surface area contributed by atoms with Gasteiger partial charge in [0, 0.05) is 30.1 Å². The van der Waals surface area contributed by atoms with Gasteiger partial charge in [-0.05, 0) is 37.6 Å². The summed E-state index contributed by atoms with van der Waals surface area (Å²) in [4.78, 5) is 6.86. The first-order valence-corrected chi connectivity index (χ1v) is 9.38. The molecule has 1 aromatic carbocycles. The zero-order chi connectivity index (χ0) is 19.5. The molecule has 3 aromatic rings. The van der Waals surface area contributed by atoms with Crippen LogP contribution in [-0.2, 0) is 4.74 Å².